The second kappa shape index (κ2) is 24.1. The number of hydrogen-bond acceptors (Lipinski definition) is 13. The summed E-state index contributed by atoms with van der Waals surface area (Å²) in [6.07, 6.45) is 0.702. The van der Waals surface area contributed by atoms with E-state index in [1.807, 2.05) is 106 Å². The predicted molar refractivity (Wildman–Crippen MR) is 279 cm³/mol. The number of aliphatic hydroxyl groups is 1. The van der Waals surface area contributed by atoms with Crippen molar-refractivity contribution in [1.82, 2.24) is 30.5 Å². The van der Waals surface area contributed by atoms with E-state index in [1.54, 1.807) is 35.6 Å². The zero-order chi connectivity index (χ0) is 51.5. The van der Waals surface area contributed by atoms with Gasteiger partial charge in [0.15, 0.2) is 0 Å². The van der Waals surface area contributed by atoms with Crippen LogP contribution in [0, 0.1) is 18.2 Å². The van der Waals surface area contributed by atoms with E-state index in [0.29, 0.717) is 33.6 Å². The molecule has 5 aromatic carbocycles. The van der Waals surface area contributed by atoms with E-state index in [-0.39, 0.29) is 70.9 Å². The number of carbonyl (C=O) groups is 3. The van der Waals surface area contributed by atoms with Crippen LogP contribution >= 0.6 is 22.9 Å². The van der Waals surface area contributed by atoms with Crippen molar-refractivity contribution in [2.24, 2.45) is 5.41 Å². The highest BCUT2D eigenvalue weighted by Crippen LogP contribution is 2.34. The number of carbonyl (C=O) groups excluding carboxylic acids is 3. The Balaban J connectivity index is 0.747. The molecular weight excluding hydrogens is 973 g/mol. The van der Waals surface area contributed by atoms with Crippen LogP contribution in [-0.2, 0) is 37.0 Å². The maximum Gasteiger partial charge on any atom is 0.246 e. The number of aromatic nitrogens is 3. The van der Waals surface area contributed by atoms with Gasteiger partial charge in [0.25, 0.3) is 0 Å². The number of benzene rings is 5. The zero-order valence-corrected chi connectivity index (χ0v) is 42.5. The van der Waals surface area contributed by atoms with E-state index in [0.717, 1.165) is 43.7 Å². The molecule has 0 radical (unpaired) electrons. The second-order valence-electron chi connectivity index (χ2n) is 18.6. The molecule has 0 aliphatic carbocycles. The van der Waals surface area contributed by atoms with Crippen LogP contribution in [-0.4, -0.2) is 100 Å². The number of anilines is 2. The first-order chi connectivity index (χ1) is 35.2. The maximum atomic E-state index is 14.0. The molecule has 380 valence electrons. The lowest BCUT2D eigenvalue weighted by Gasteiger charge is -2.35. The van der Waals surface area contributed by atoms with Crippen LogP contribution in [0.4, 0.5) is 15.9 Å². The Labute approximate surface area is 432 Å². The Morgan fingerprint density at radius 2 is 1.60 bits per heavy atom. The standard InChI is InChI=1S/C55H57ClFN7O8S/c1-34-50(73-33-61-34)38-10-8-35(9-11-38)28-58-53(67)47-27-42(65)29-64(47)54(68)51(55(2,3)4)63-49(66)31-70-21-20-69-22-23-71-43-16-12-37(13-17-43)39-14-18-46-44(25-39)52(60-32-59-46)62-41-15-19-48(45(56)26-41)72-30-36-6-5-7-40(57)24-36/h5-19,24-26,32-33,42,47,51,65H,20-23,27-31H2,1-4H3,(H,58,67)(H,63,66)(H,59,60,62)/t42-,47+,51+/m0/s1. The Kier molecular flexibility index (Phi) is 17.3. The van der Waals surface area contributed by atoms with Crippen molar-refractivity contribution >= 4 is 63.1 Å². The molecule has 15 nitrogen and oxygen atoms in total. The van der Waals surface area contributed by atoms with Gasteiger partial charge in [0.05, 0.1) is 52.5 Å². The zero-order valence-electron chi connectivity index (χ0n) is 40.9. The Morgan fingerprint density at radius 3 is 2.34 bits per heavy atom. The molecule has 1 aliphatic heterocycles. The number of nitrogens with one attached hydrogen (secondary N) is 3. The van der Waals surface area contributed by atoms with Gasteiger partial charge in [-0.15, -0.1) is 11.3 Å². The number of β-amino-alcohol motifs (C(OH)–C–C–N with tert-alkyl or cyclic N) is 1. The molecule has 1 fully saturated rings. The largest absolute Gasteiger partial charge is 0.491 e. The van der Waals surface area contributed by atoms with E-state index in [4.69, 9.17) is 30.5 Å². The second-order valence-corrected chi connectivity index (χ2v) is 19.9. The number of thiazole rings is 1. The molecule has 3 heterocycles. The monoisotopic (exact) mass is 1030 g/mol. The summed E-state index contributed by atoms with van der Waals surface area (Å²) in [6, 6.07) is 31.1. The summed E-state index contributed by atoms with van der Waals surface area (Å²) < 4.78 is 36.6. The molecule has 8 rings (SSSR count). The fourth-order valence-corrected chi connectivity index (χ4v) is 9.33. The quantitative estimate of drug-likeness (QED) is 0.0502. The number of fused-ring (bicyclic) bond motifs is 1. The van der Waals surface area contributed by atoms with Gasteiger partial charge in [0.1, 0.15) is 61.4 Å². The van der Waals surface area contributed by atoms with Gasteiger partial charge in [-0.1, -0.05) is 87.0 Å². The first-order valence-electron chi connectivity index (χ1n) is 23.8. The van der Waals surface area contributed by atoms with Crippen LogP contribution in [0.25, 0.3) is 32.5 Å². The first-order valence-corrected chi connectivity index (χ1v) is 25.1. The highest BCUT2D eigenvalue weighted by atomic mass is 35.5. The van der Waals surface area contributed by atoms with Crippen LogP contribution in [0.15, 0.2) is 121 Å². The number of likely N-dealkylation sites (tertiary alicyclic amines) is 1. The highest BCUT2D eigenvalue weighted by Gasteiger charge is 2.44. The number of ether oxygens (including phenoxy) is 4. The van der Waals surface area contributed by atoms with Crippen LogP contribution in [0.2, 0.25) is 5.02 Å². The summed E-state index contributed by atoms with van der Waals surface area (Å²) in [4.78, 5) is 56.2. The van der Waals surface area contributed by atoms with Gasteiger partial charge in [-0.05, 0) is 94.8 Å². The normalized spacial score (nSPS) is 15.0. The molecule has 18 heteroatoms. The Morgan fingerprint density at radius 1 is 0.849 bits per heavy atom. The minimum atomic E-state index is -0.980. The lowest BCUT2D eigenvalue weighted by molar-refractivity contribution is -0.144. The average Bonchev–Trinajstić information content (AvgIpc) is 4.00. The fraction of sp³-hybridized carbons (Fsp3) is 0.309. The van der Waals surface area contributed by atoms with Crippen molar-refractivity contribution in [3.8, 4) is 33.1 Å². The summed E-state index contributed by atoms with van der Waals surface area (Å²) in [5.74, 6) is 0.0713. The van der Waals surface area contributed by atoms with Gasteiger partial charge in [0.2, 0.25) is 17.7 Å². The molecule has 7 aromatic rings. The minimum Gasteiger partial charge on any atom is -0.491 e. The van der Waals surface area contributed by atoms with Crippen molar-refractivity contribution in [2.75, 3.05) is 44.9 Å². The van der Waals surface area contributed by atoms with Crippen LogP contribution in [0.3, 0.4) is 0 Å². The molecule has 73 heavy (non-hydrogen) atoms. The van der Waals surface area contributed by atoms with Crippen LogP contribution < -0.4 is 25.4 Å². The maximum absolute atomic E-state index is 14.0. The van der Waals surface area contributed by atoms with Crippen molar-refractivity contribution < 1.29 is 42.8 Å². The van der Waals surface area contributed by atoms with Gasteiger partial charge in [-0.3, -0.25) is 14.4 Å². The number of nitrogens with zero attached hydrogens (tertiary/aromatic N) is 4. The van der Waals surface area contributed by atoms with E-state index in [9.17, 15) is 23.9 Å². The van der Waals surface area contributed by atoms with Gasteiger partial charge in [-0.25, -0.2) is 19.3 Å². The van der Waals surface area contributed by atoms with Crippen LogP contribution in [0.1, 0.15) is 44.0 Å². The predicted octanol–water partition coefficient (Wildman–Crippen LogP) is 9.06. The number of amides is 3. The molecule has 4 N–H and O–H groups in total. The minimum absolute atomic E-state index is 0.0260. The van der Waals surface area contributed by atoms with Gasteiger partial charge >= 0.3 is 0 Å². The third kappa shape index (κ3) is 13.9. The van der Waals surface area contributed by atoms with E-state index >= 15 is 0 Å². The molecule has 0 spiro atoms. The van der Waals surface area contributed by atoms with Gasteiger partial charge in [0, 0.05) is 30.6 Å². The van der Waals surface area contributed by atoms with Crippen molar-refractivity contribution in [3.05, 3.63) is 149 Å². The molecule has 2 aromatic heterocycles. The molecule has 3 atom stereocenters. The van der Waals surface area contributed by atoms with E-state index in [2.05, 4.69) is 30.9 Å². The SMILES string of the molecule is Cc1ncsc1-c1ccc(CNC(=O)[C@H]2C[C@H](O)CN2C(=O)[C@@H](NC(=O)COCCOCCOc2ccc(-c3ccc4ncnc(Nc5ccc(OCc6cccc(F)c6)c(Cl)c5)c4c3)cc2)C(C)(C)C)cc1. The number of aliphatic hydroxyl groups excluding tert-OH is 1. The Bertz CT molecular complexity index is 3030. The summed E-state index contributed by atoms with van der Waals surface area (Å²) in [5.41, 5.74) is 8.04. The molecule has 3 amide bonds. The molecule has 1 aliphatic rings. The third-order valence-corrected chi connectivity index (χ3v) is 13.4. The molecular formula is C55H57ClFN7O8S. The van der Waals surface area contributed by atoms with Crippen molar-refractivity contribution in [1.29, 1.82) is 0 Å². The number of hydrogen-bond donors (Lipinski definition) is 4. The van der Waals surface area contributed by atoms with Crippen molar-refractivity contribution in [3.63, 3.8) is 0 Å². The van der Waals surface area contributed by atoms with Gasteiger partial charge < -0.3 is 44.9 Å². The Hall–Kier alpha value is -7.02. The smallest absolute Gasteiger partial charge is 0.246 e. The molecule has 0 bridgehead atoms. The summed E-state index contributed by atoms with van der Waals surface area (Å²) >= 11 is 8.13. The number of rotatable bonds is 21. The molecule has 0 unspecified atom stereocenters. The van der Waals surface area contributed by atoms with Crippen molar-refractivity contribution in [2.45, 2.75) is 65.5 Å². The number of halogens is 2. The molecule has 0 saturated carbocycles. The lowest BCUT2D eigenvalue weighted by atomic mass is 9.85. The highest BCUT2D eigenvalue weighted by molar-refractivity contribution is 7.13. The first kappa shape index (κ1) is 52.3. The third-order valence-electron chi connectivity index (χ3n) is 12.1. The summed E-state index contributed by atoms with van der Waals surface area (Å²) in [5, 5.41) is 20.8. The lowest BCUT2D eigenvalue weighted by Crippen LogP contribution is -2.58. The van der Waals surface area contributed by atoms with Crippen LogP contribution in [0.5, 0.6) is 11.5 Å². The topological polar surface area (TPSA) is 186 Å². The fourth-order valence-electron chi connectivity index (χ4n) is 8.29. The summed E-state index contributed by atoms with van der Waals surface area (Å²) in [6.45, 7) is 8.44. The van der Waals surface area contributed by atoms with E-state index < -0.39 is 35.4 Å². The molecule has 1 saturated heterocycles. The average molecular weight is 1030 g/mol. The number of aryl methyl sites for hydroxylation is 1. The summed E-state index contributed by atoms with van der Waals surface area (Å²) in [7, 11) is 0. The van der Waals surface area contributed by atoms with Gasteiger partial charge in [-0.2, -0.15) is 0 Å². The van der Waals surface area contributed by atoms with E-state index in [1.165, 1.54) is 23.4 Å².